The van der Waals surface area contributed by atoms with Crippen molar-refractivity contribution in [1.29, 1.82) is 0 Å². The van der Waals surface area contributed by atoms with E-state index in [1.807, 2.05) is 18.2 Å². The van der Waals surface area contributed by atoms with Crippen molar-refractivity contribution < 1.29 is 13.2 Å². The van der Waals surface area contributed by atoms with E-state index >= 15 is 0 Å². The number of sulfonamides is 1. The van der Waals surface area contributed by atoms with Gasteiger partial charge in [-0.15, -0.1) is 0 Å². The number of hydrogen-bond donors (Lipinski definition) is 1. The fourth-order valence-corrected chi connectivity index (χ4v) is 3.69. The second-order valence-electron chi connectivity index (χ2n) is 6.37. The molecule has 134 valence electrons. The van der Waals surface area contributed by atoms with Crippen LogP contribution in [-0.2, 0) is 10.0 Å². The molecule has 1 fully saturated rings. The molecule has 0 aliphatic heterocycles. The number of aromatic nitrogens is 2. The minimum absolute atomic E-state index is 0.114. The third-order valence-electron chi connectivity index (χ3n) is 4.28. The number of rotatable bonds is 7. The van der Waals surface area contributed by atoms with E-state index in [9.17, 15) is 8.42 Å². The molecule has 2 aromatic carbocycles. The molecule has 1 aliphatic carbocycles. The Labute approximate surface area is 152 Å². The fraction of sp³-hybridized carbons (Fsp3) is 0.263. The maximum atomic E-state index is 12.6. The van der Waals surface area contributed by atoms with Crippen LogP contribution < -0.4 is 9.46 Å². The highest BCUT2D eigenvalue weighted by atomic mass is 32.2. The van der Waals surface area contributed by atoms with Crippen molar-refractivity contribution in [3.63, 3.8) is 0 Å². The van der Waals surface area contributed by atoms with Crippen molar-refractivity contribution >= 4 is 26.9 Å². The number of para-hydroxylation sites is 2. The van der Waals surface area contributed by atoms with Crippen LogP contribution in [0.4, 0.5) is 5.82 Å². The van der Waals surface area contributed by atoms with Gasteiger partial charge in [0.2, 0.25) is 5.82 Å². The average molecular weight is 369 g/mol. The molecule has 0 unspecified atom stereocenters. The number of nitrogens with one attached hydrogen (secondary N) is 1. The minimum atomic E-state index is -3.77. The number of anilines is 1. The molecule has 1 saturated carbocycles. The molecule has 0 amide bonds. The number of ether oxygens (including phenoxy) is 1. The van der Waals surface area contributed by atoms with E-state index in [1.165, 1.54) is 25.0 Å². The van der Waals surface area contributed by atoms with Crippen LogP contribution in [0.15, 0.2) is 59.5 Å². The highest BCUT2D eigenvalue weighted by Gasteiger charge is 2.22. The van der Waals surface area contributed by atoms with Gasteiger partial charge in [-0.3, -0.25) is 4.72 Å². The van der Waals surface area contributed by atoms with Crippen molar-refractivity contribution in [1.82, 2.24) is 9.97 Å². The SMILES string of the molecule is O=S(=O)(Nc1nc2ccccc2nc1OCCC1CC1)c1ccccc1. The Kier molecular flexibility index (Phi) is 4.46. The summed E-state index contributed by atoms with van der Waals surface area (Å²) < 4.78 is 33.6. The highest BCUT2D eigenvalue weighted by molar-refractivity contribution is 7.92. The lowest BCUT2D eigenvalue weighted by molar-refractivity contribution is 0.293. The summed E-state index contributed by atoms with van der Waals surface area (Å²) in [6.07, 6.45) is 3.42. The first-order valence-corrected chi connectivity index (χ1v) is 10.1. The van der Waals surface area contributed by atoms with Crippen molar-refractivity contribution in [3.8, 4) is 5.88 Å². The normalized spacial score (nSPS) is 14.3. The van der Waals surface area contributed by atoms with Crippen LogP contribution in [0.2, 0.25) is 0 Å². The summed E-state index contributed by atoms with van der Waals surface area (Å²) in [6, 6.07) is 15.5. The van der Waals surface area contributed by atoms with Crippen LogP contribution >= 0.6 is 0 Å². The maximum absolute atomic E-state index is 12.6. The summed E-state index contributed by atoms with van der Waals surface area (Å²) in [5.41, 5.74) is 1.27. The molecule has 26 heavy (non-hydrogen) atoms. The van der Waals surface area contributed by atoms with E-state index in [0.29, 0.717) is 23.6 Å². The van der Waals surface area contributed by atoms with Crippen molar-refractivity contribution in [3.05, 3.63) is 54.6 Å². The number of fused-ring (bicyclic) bond motifs is 1. The molecule has 1 aromatic heterocycles. The van der Waals surface area contributed by atoms with Gasteiger partial charge in [0.25, 0.3) is 15.9 Å². The molecular weight excluding hydrogens is 350 g/mol. The number of nitrogens with zero attached hydrogens (tertiary/aromatic N) is 2. The Morgan fingerprint density at radius 2 is 1.62 bits per heavy atom. The molecule has 3 aromatic rings. The van der Waals surface area contributed by atoms with Gasteiger partial charge in [0.05, 0.1) is 22.5 Å². The lowest BCUT2D eigenvalue weighted by Crippen LogP contribution is -2.16. The zero-order valence-electron chi connectivity index (χ0n) is 14.1. The monoisotopic (exact) mass is 369 g/mol. The first kappa shape index (κ1) is 16.8. The van der Waals surface area contributed by atoms with E-state index in [1.54, 1.807) is 24.3 Å². The summed E-state index contributed by atoms with van der Waals surface area (Å²) in [7, 11) is -3.77. The Morgan fingerprint density at radius 1 is 0.962 bits per heavy atom. The van der Waals surface area contributed by atoms with Crippen LogP contribution in [0.3, 0.4) is 0 Å². The van der Waals surface area contributed by atoms with Gasteiger partial charge >= 0.3 is 0 Å². The van der Waals surface area contributed by atoms with Gasteiger partial charge in [-0.1, -0.05) is 43.2 Å². The molecule has 0 bridgehead atoms. The summed E-state index contributed by atoms with van der Waals surface area (Å²) >= 11 is 0. The predicted octanol–water partition coefficient (Wildman–Crippen LogP) is 3.61. The minimum Gasteiger partial charge on any atom is -0.475 e. The lowest BCUT2D eigenvalue weighted by atomic mass is 10.3. The van der Waals surface area contributed by atoms with Gasteiger partial charge in [0.1, 0.15) is 0 Å². The second kappa shape index (κ2) is 6.92. The van der Waals surface area contributed by atoms with Gasteiger partial charge in [0.15, 0.2) is 0 Å². The Morgan fingerprint density at radius 3 is 2.31 bits per heavy atom. The zero-order chi connectivity index (χ0) is 18.0. The molecule has 1 heterocycles. The van der Waals surface area contributed by atoms with E-state index < -0.39 is 10.0 Å². The number of benzene rings is 2. The summed E-state index contributed by atoms with van der Waals surface area (Å²) in [6.45, 7) is 0.498. The molecule has 1 N–H and O–H groups in total. The molecule has 0 spiro atoms. The van der Waals surface area contributed by atoms with Gasteiger partial charge in [-0.25, -0.2) is 18.4 Å². The lowest BCUT2D eigenvalue weighted by Gasteiger charge is -2.13. The van der Waals surface area contributed by atoms with Crippen LogP contribution in [0, 0.1) is 5.92 Å². The van der Waals surface area contributed by atoms with Crippen molar-refractivity contribution in [2.24, 2.45) is 5.92 Å². The first-order chi connectivity index (χ1) is 12.6. The highest BCUT2D eigenvalue weighted by Crippen LogP contribution is 2.33. The summed E-state index contributed by atoms with van der Waals surface area (Å²) in [5, 5.41) is 0. The van der Waals surface area contributed by atoms with Gasteiger partial charge in [0, 0.05) is 0 Å². The molecule has 6 nitrogen and oxygen atoms in total. The molecule has 7 heteroatoms. The Balaban J connectivity index is 1.66. The smallest absolute Gasteiger partial charge is 0.263 e. The van der Waals surface area contributed by atoms with E-state index in [4.69, 9.17) is 4.74 Å². The topological polar surface area (TPSA) is 81.2 Å². The Bertz CT molecular complexity index is 1020. The quantitative estimate of drug-likeness (QED) is 0.688. The Hall–Kier alpha value is -2.67. The molecule has 1 aliphatic rings. The van der Waals surface area contributed by atoms with Gasteiger partial charge < -0.3 is 4.74 Å². The molecule has 0 saturated heterocycles. The van der Waals surface area contributed by atoms with Gasteiger partial charge in [-0.2, -0.15) is 0 Å². The van der Waals surface area contributed by atoms with Crippen LogP contribution in [0.5, 0.6) is 5.88 Å². The van der Waals surface area contributed by atoms with Crippen molar-refractivity contribution in [2.75, 3.05) is 11.3 Å². The standard InChI is InChI=1S/C19H19N3O3S/c23-26(24,15-6-2-1-3-7-15)22-18-19(25-13-12-14-10-11-14)21-17-9-5-4-8-16(17)20-18/h1-9,14H,10-13H2,(H,20,22). The van der Waals surface area contributed by atoms with E-state index in [-0.39, 0.29) is 16.6 Å². The van der Waals surface area contributed by atoms with E-state index in [0.717, 1.165) is 6.42 Å². The van der Waals surface area contributed by atoms with Crippen LogP contribution in [0.25, 0.3) is 11.0 Å². The average Bonchev–Trinajstić information content (AvgIpc) is 3.47. The van der Waals surface area contributed by atoms with Gasteiger partial charge in [-0.05, 0) is 36.6 Å². The third kappa shape index (κ3) is 3.77. The first-order valence-electron chi connectivity index (χ1n) is 8.59. The molecule has 0 radical (unpaired) electrons. The maximum Gasteiger partial charge on any atom is 0.263 e. The predicted molar refractivity (Wildman–Crippen MR) is 99.6 cm³/mol. The van der Waals surface area contributed by atoms with Crippen LogP contribution in [-0.4, -0.2) is 25.0 Å². The summed E-state index contributed by atoms with van der Waals surface area (Å²) in [5.74, 6) is 1.04. The summed E-state index contributed by atoms with van der Waals surface area (Å²) in [4.78, 5) is 9.05. The molecular formula is C19H19N3O3S. The second-order valence-corrected chi connectivity index (χ2v) is 8.05. The zero-order valence-corrected chi connectivity index (χ0v) is 14.9. The third-order valence-corrected chi connectivity index (χ3v) is 5.64. The largest absolute Gasteiger partial charge is 0.475 e. The fourth-order valence-electron chi connectivity index (χ4n) is 2.67. The van der Waals surface area contributed by atoms with Crippen LogP contribution in [0.1, 0.15) is 19.3 Å². The van der Waals surface area contributed by atoms with Crippen molar-refractivity contribution in [2.45, 2.75) is 24.2 Å². The number of hydrogen-bond acceptors (Lipinski definition) is 5. The molecule has 4 rings (SSSR count). The molecule has 0 atom stereocenters. The van der Waals surface area contributed by atoms with E-state index in [2.05, 4.69) is 14.7 Å².